The van der Waals surface area contributed by atoms with Crippen molar-refractivity contribution in [3.63, 3.8) is 0 Å². The van der Waals surface area contributed by atoms with Gasteiger partial charge < -0.3 is 19.6 Å². The first-order valence-corrected chi connectivity index (χ1v) is 7.87. The molecule has 1 heterocycles. The average Bonchev–Trinajstić information content (AvgIpc) is 2.55. The van der Waals surface area contributed by atoms with E-state index in [4.69, 9.17) is 14.3 Å². The maximum absolute atomic E-state index is 12.0. The van der Waals surface area contributed by atoms with E-state index in [0.717, 1.165) is 10.9 Å². The number of ether oxygens (including phenoxy) is 1. The van der Waals surface area contributed by atoms with Crippen molar-refractivity contribution in [3.8, 4) is 5.75 Å². The van der Waals surface area contributed by atoms with Crippen LogP contribution in [0, 0.1) is 20.8 Å². The number of fused-ring (bicyclic) bond motifs is 1. The maximum atomic E-state index is 12.0. The molecule has 0 aliphatic carbocycles. The molecule has 25 heavy (non-hydrogen) atoms. The quantitative estimate of drug-likeness (QED) is 0.802. The SMILES string of the molecule is Cc1c(C)c2ccc(O[C@@H](C)C(=O)N[C@@H](C)C(=O)O)c(C)c2oc1=O. The standard InChI is InChI=1S/C18H21NO6/c1-8-9(2)18(23)25-15-10(3)14(7-6-13(8)15)24-12(5)16(20)19-11(4)17(21)22/h6-7,11-12H,1-5H3,(H,19,20)(H,21,22)/t11-,12-/m0/s1. The second-order valence-electron chi connectivity index (χ2n) is 6.03. The van der Waals surface area contributed by atoms with Crippen LogP contribution >= 0.6 is 0 Å². The number of carbonyl (C=O) groups excluding carboxylic acids is 1. The molecule has 0 spiro atoms. The molecule has 1 aromatic heterocycles. The third-order valence-electron chi connectivity index (χ3n) is 4.23. The molecular weight excluding hydrogens is 326 g/mol. The Morgan fingerprint density at radius 3 is 2.36 bits per heavy atom. The zero-order valence-electron chi connectivity index (χ0n) is 14.8. The van der Waals surface area contributed by atoms with Crippen LogP contribution < -0.4 is 15.7 Å². The largest absolute Gasteiger partial charge is 0.480 e. The molecule has 7 heteroatoms. The first-order chi connectivity index (χ1) is 11.6. The lowest BCUT2D eigenvalue weighted by Crippen LogP contribution is -2.44. The molecular formula is C18H21NO6. The molecule has 7 nitrogen and oxygen atoms in total. The topological polar surface area (TPSA) is 106 Å². The minimum Gasteiger partial charge on any atom is -0.480 e. The van der Waals surface area contributed by atoms with Gasteiger partial charge in [-0.15, -0.1) is 0 Å². The highest BCUT2D eigenvalue weighted by Gasteiger charge is 2.21. The van der Waals surface area contributed by atoms with Gasteiger partial charge in [-0.2, -0.15) is 0 Å². The molecule has 2 aromatic rings. The molecule has 0 aliphatic heterocycles. The van der Waals surface area contributed by atoms with E-state index in [2.05, 4.69) is 5.32 Å². The first-order valence-electron chi connectivity index (χ1n) is 7.87. The molecule has 2 atom stereocenters. The Morgan fingerprint density at radius 2 is 1.76 bits per heavy atom. The van der Waals surface area contributed by atoms with E-state index in [0.29, 0.717) is 22.5 Å². The summed E-state index contributed by atoms with van der Waals surface area (Å²) in [4.78, 5) is 34.7. The van der Waals surface area contributed by atoms with Gasteiger partial charge in [-0.05, 0) is 52.3 Å². The van der Waals surface area contributed by atoms with Crippen LogP contribution in [-0.4, -0.2) is 29.1 Å². The molecule has 0 saturated carbocycles. The molecule has 0 radical (unpaired) electrons. The molecule has 0 saturated heterocycles. The monoisotopic (exact) mass is 347 g/mol. The third kappa shape index (κ3) is 3.65. The average molecular weight is 347 g/mol. The van der Waals surface area contributed by atoms with Crippen LogP contribution in [0.5, 0.6) is 5.75 Å². The molecule has 0 aliphatic rings. The molecule has 2 N–H and O–H groups in total. The molecule has 0 fully saturated rings. The van der Waals surface area contributed by atoms with Gasteiger partial charge in [-0.25, -0.2) is 4.79 Å². The van der Waals surface area contributed by atoms with Crippen LogP contribution in [0.2, 0.25) is 0 Å². The molecule has 0 unspecified atom stereocenters. The van der Waals surface area contributed by atoms with E-state index >= 15 is 0 Å². The molecule has 2 rings (SSSR count). The summed E-state index contributed by atoms with van der Waals surface area (Å²) in [5.74, 6) is -1.28. The van der Waals surface area contributed by atoms with Crippen LogP contribution in [0.1, 0.15) is 30.5 Å². The first kappa shape index (κ1) is 18.5. The Bertz CT molecular complexity index is 899. The van der Waals surface area contributed by atoms with Crippen molar-refractivity contribution < 1.29 is 23.8 Å². The van der Waals surface area contributed by atoms with Crippen LogP contribution in [-0.2, 0) is 9.59 Å². The van der Waals surface area contributed by atoms with Crippen molar-refractivity contribution in [2.24, 2.45) is 0 Å². The van der Waals surface area contributed by atoms with Crippen molar-refractivity contribution in [2.45, 2.75) is 46.8 Å². The van der Waals surface area contributed by atoms with Crippen LogP contribution in [0.3, 0.4) is 0 Å². The van der Waals surface area contributed by atoms with Gasteiger partial charge in [0.1, 0.15) is 17.4 Å². The number of hydrogen-bond donors (Lipinski definition) is 2. The number of carboxylic acid groups (broad SMARTS) is 1. The summed E-state index contributed by atoms with van der Waals surface area (Å²) < 4.78 is 11.0. The highest BCUT2D eigenvalue weighted by atomic mass is 16.5. The van der Waals surface area contributed by atoms with Crippen molar-refractivity contribution in [2.75, 3.05) is 0 Å². The number of aliphatic carboxylic acids is 1. The van der Waals surface area contributed by atoms with Crippen molar-refractivity contribution in [3.05, 3.63) is 39.2 Å². The third-order valence-corrected chi connectivity index (χ3v) is 4.23. The van der Waals surface area contributed by atoms with E-state index < -0.39 is 29.6 Å². The predicted octanol–water partition coefficient (Wildman–Crippen LogP) is 2.07. The summed E-state index contributed by atoms with van der Waals surface area (Å²) in [5, 5.41) is 12.0. The maximum Gasteiger partial charge on any atom is 0.339 e. The number of aryl methyl sites for hydroxylation is 2. The Morgan fingerprint density at radius 1 is 1.12 bits per heavy atom. The summed E-state index contributed by atoms with van der Waals surface area (Å²) in [6, 6.07) is 2.46. The van der Waals surface area contributed by atoms with Crippen LogP contribution in [0.25, 0.3) is 11.0 Å². The minimum absolute atomic E-state index is 0.393. The number of carboxylic acids is 1. The van der Waals surface area contributed by atoms with Crippen molar-refractivity contribution >= 4 is 22.8 Å². The lowest BCUT2D eigenvalue weighted by molar-refractivity contribution is -0.142. The van der Waals surface area contributed by atoms with Gasteiger partial charge in [0.15, 0.2) is 6.10 Å². The normalized spacial score (nSPS) is 13.3. The highest BCUT2D eigenvalue weighted by molar-refractivity contribution is 5.87. The van der Waals surface area contributed by atoms with Gasteiger partial charge in [-0.1, -0.05) is 0 Å². The van der Waals surface area contributed by atoms with Crippen molar-refractivity contribution in [1.29, 1.82) is 0 Å². The molecule has 0 bridgehead atoms. The zero-order chi connectivity index (χ0) is 18.9. The van der Waals surface area contributed by atoms with E-state index in [1.807, 2.05) is 6.92 Å². The minimum atomic E-state index is -1.13. The second kappa shape index (κ2) is 6.96. The number of carbonyl (C=O) groups is 2. The molecule has 1 amide bonds. The smallest absolute Gasteiger partial charge is 0.339 e. The van der Waals surface area contributed by atoms with Gasteiger partial charge in [-0.3, -0.25) is 9.59 Å². The number of benzene rings is 1. The van der Waals surface area contributed by atoms with Crippen molar-refractivity contribution in [1.82, 2.24) is 5.32 Å². The van der Waals surface area contributed by atoms with E-state index in [1.165, 1.54) is 13.8 Å². The number of nitrogens with one attached hydrogen (secondary N) is 1. The fraction of sp³-hybridized carbons (Fsp3) is 0.389. The number of amides is 1. The van der Waals surface area contributed by atoms with Gasteiger partial charge >= 0.3 is 11.6 Å². The summed E-state index contributed by atoms with van der Waals surface area (Å²) in [5.41, 5.74) is 1.99. The zero-order valence-corrected chi connectivity index (χ0v) is 14.8. The lowest BCUT2D eigenvalue weighted by atomic mass is 10.0. The van der Waals surface area contributed by atoms with Gasteiger partial charge in [0.05, 0.1) is 0 Å². The van der Waals surface area contributed by atoms with Gasteiger partial charge in [0.25, 0.3) is 5.91 Å². The summed E-state index contributed by atoms with van der Waals surface area (Å²) in [7, 11) is 0. The van der Waals surface area contributed by atoms with E-state index in [9.17, 15) is 14.4 Å². The van der Waals surface area contributed by atoms with Gasteiger partial charge in [0.2, 0.25) is 0 Å². The lowest BCUT2D eigenvalue weighted by Gasteiger charge is -2.18. The Kier molecular flexibility index (Phi) is 5.15. The Labute approximate surface area is 144 Å². The number of rotatable bonds is 5. The number of hydrogen-bond acceptors (Lipinski definition) is 5. The fourth-order valence-electron chi connectivity index (χ4n) is 2.39. The van der Waals surface area contributed by atoms with Crippen LogP contribution in [0.4, 0.5) is 0 Å². The molecule has 1 aromatic carbocycles. The summed E-state index contributed by atoms with van der Waals surface area (Å²) >= 11 is 0. The molecule has 134 valence electrons. The fourth-order valence-corrected chi connectivity index (χ4v) is 2.39. The predicted molar refractivity (Wildman–Crippen MR) is 92.0 cm³/mol. The Hall–Kier alpha value is -2.83. The second-order valence-corrected chi connectivity index (χ2v) is 6.03. The van der Waals surface area contributed by atoms with Crippen LogP contribution in [0.15, 0.2) is 21.3 Å². The van der Waals surface area contributed by atoms with Gasteiger partial charge in [0, 0.05) is 16.5 Å². The van der Waals surface area contributed by atoms with E-state index in [1.54, 1.807) is 26.0 Å². The van der Waals surface area contributed by atoms with E-state index in [-0.39, 0.29) is 0 Å². The summed E-state index contributed by atoms with van der Waals surface area (Å²) in [6.07, 6.45) is -0.906. The summed E-state index contributed by atoms with van der Waals surface area (Å²) in [6.45, 7) is 8.17. The highest BCUT2D eigenvalue weighted by Crippen LogP contribution is 2.29. The Balaban J connectivity index is 2.32.